The molecule has 0 aliphatic heterocycles. The van der Waals surface area contributed by atoms with E-state index in [1.54, 1.807) is 29.1 Å². The Bertz CT molecular complexity index is 1340. The Balaban J connectivity index is 1.73. The molecule has 2 amide bonds. The molecule has 176 valence electrons. The largest absolute Gasteiger partial charge is 0.494 e. The lowest BCUT2D eigenvalue weighted by molar-refractivity contribution is 0.0995. The number of aromatic nitrogens is 5. The number of hydrogen-bond donors (Lipinski definition) is 2. The fourth-order valence-corrected chi connectivity index (χ4v) is 3.96. The van der Waals surface area contributed by atoms with Gasteiger partial charge in [0.25, 0.3) is 5.91 Å². The van der Waals surface area contributed by atoms with E-state index in [-0.39, 0.29) is 11.5 Å². The van der Waals surface area contributed by atoms with Crippen molar-refractivity contribution < 1.29 is 14.3 Å². The van der Waals surface area contributed by atoms with Gasteiger partial charge in [-0.25, -0.2) is 4.98 Å². The average Bonchev–Trinajstić information content (AvgIpc) is 3.38. The van der Waals surface area contributed by atoms with E-state index in [1.807, 2.05) is 36.7 Å². The highest BCUT2D eigenvalue weighted by Gasteiger charge is 2.21. The molecule has 3 N–H and O–H groups in total. The van der Waals surface area contributed by atoms with Crippen molar-refractivity contribution in [3.05, 3.63) is 65.2 Å². The van der Waals surface area contributed by atoms with Gasteiger partial charge in [0.1, 0.15) is 17.0 Å². The maximum atomic E-state index is 13.1. The molecule has 3 aromatic heterocycles. The van der Waals surface area contributed by atoms with Crippen LogP contribution in [0.3, 0.4) is 0 Å². The fraction of sp³-hybridized carbons (Fsp3) is 0.292. The van der Waals surface area contributed by atoms with Gasteiger partial charge in [0.05, 0.1) is 18.3 Å². The highest BCUT2D eigenvalue weighted by molar-refractivity contribution is 6.04. The van der Waals surface area contributed by atoms with E-state index in [4.69, 9.17) is 10.5 Å². The molecule has 0 spiro atoms. The van der Waals surface area contributed by atoms with Gasteiger partial charge in [-0.2, -0.15) is 5.10 Å². The maximum absolute atomic E-state index is 13.1. The highest BCUT2D eigenvalue weighted by Crippen LogP contribution is 2.31. The third-order valence-electron chi connectivity index (χ3n) is 5.54. The summed E-state index contributed by atoms with van der Waals surface area (Å²) in [6, 6.07) is 8.86. The second-order valence-electron chi connectivity index (χ2n) is 7.90. The van der Waals surface area contributed by atoms with Crippen molar-refractivity contribution in [3.8, 4) is 5.75 Å². The number of rotatable bonds is 9. The normalized spacial score (nSPS) is 11.0. The van der Waals surface area contributed by atoms with Crippen LogP contribution in [0.2, 0.25) is 0 Å². The average molecular weight is 462 g/mol. The molecule has 1 aromatic carbocycles. The number of anilines is 1. The molecule has 4 aromatic rings. The molecule has 0 unspecified atom stereocenters. The van der Waals surface area contributed by atoms with Crippen LogP contribution in [-0.4, -0.2) is 43.2 Å². The Morgan fingerprint density at radius 3 is 2.74 bits per heavy atom. The summed E-state index contributed by atoms with van der Waals surface area (Å²) in [5.74, 6) is -0.0951. The minimum atomic E-state index is -0.584. The first-order valence-corrected chi connectivity index (χ1v) is 11.0. The lowest BCUT2D eigenvalue weighted by atomic mass is 10.1. The third kappa shape index (κ3) is 4.61. The first-order chi connectivity index (χ1) is 16.4. The van der Waals surface area contributed by atoms with Gasteiger partial charge in [0.2, 0.25) is 11.9 Å². The van der Waals surface area contributed by atoms with Gasteiger partial charge in [0.15, 0.2) is 0 Å². The van der Waals surface area contributed by atoms with E-state index in [9.17, 15) is 9.59 Å². The van der Waals surface area contributed by atoms with Crippen LogP contribution in [-0.2, 0) is 19.5 Å². The number of methoxy groups -OCH3 is 1. The molecule has 4 rings (SSSR count). The van der Waals surface area contributed by atoms with Crippen LogP contribution in [0.15, 0.2) is 42.7 Å². The summed E-state index contributed by atoms with van der Waals surface area (Å²) < 4.78 is 9.10. The highest BCUT2D eigenvalue weighted by atomic mass is 16.5. The van der Waals surface area contributed by atoms with E-state index in [2.05, 4.69) is 20.4 Å². The summed E-state index contributed by atoms with van der Waals surface area (Å²) in [6.07, 6.45) is 5.14. The molecule has 10 nitrogen and oxygen atoms in total. The number of pyridine rings is 1. The van der Waals surface area contributed by atoms with Gasteiger partial charge in [-0.15, -0.1) is 0 Å². The molecule has 0 aliphatic rings. The van der Waals surface area contributed by atoms with Crippen molar-refractivity contribution >= 4 is 28.8 Å². The number of primary amides is 1. The molecule has 0 atom stereocenters. The predicted octanol–water partition coefficient (Wildman–Crippen LogP) is 2.95. The zero-order valence-electron chi connectivity index (χ0n) is 19.4. The third-order valence-corrected chi connectivity index (χ3v) is 5.54. The zero-order chi connectivity index (χ0) is 24.2. The summed E-state index contributed by atoms with van der Waals surface area (Å²) in [5, 5.41) is 7.27. The lowest BCUT2D eigenvalue weighted by Gasteiger charge is -2.12. The lowest BCUT2D eigenvalue weighted by Crippen LogP contribution is -2.20. The standard InChI is InChI=1S/C24H27N7O3/c1-4-31-19(11-15(2)29-31)23(33)28-24-27-18-12-17(22(25)32)13-20(34-3)21(18)30(24)10-6-8-16-7-5-9-26-14-16/h5,7,9,11-14H,4,6,8,10H2,1-3H3,(H2,25,32)(H,27,28,33). The first kappa shape index (κ1) is 23.0. The van der Waals surface area contributed by atoms with Crippen LogP contribution in [0.4, 0.5) is 5.95 Å². The molecule has 10 heteroatoms. The second-order valence-corrected chi connectivity index (χ2v) is 7.90. The van der Waals surface area contributed by atoms with E-state index < -0.39 is 5.91 Å². The van der Waals surface area contributed by atoms with Gasteiger partial charge >= 0.3 is 0 Å². The van der Waals surface area contributed by atoms with Crippen LogP contribution in [0.25, 0.3) is 11.0 Å². The fourth-order valence-electron chi connectivity index (χ4n) is 3.96. The molecule has 0 saturated carbocycles. The number of hydrogen-bond acceptors (Lipinski definition) is 6. The van der Waals surface area contributed by atoms with Gasteiger partial charge in [0, 0.05) is 31.0 Å². The molecule has 34 heavy (non-hydrogen) atoms. The van der Waals surface area contributed by atoms with E-state index in [0.717, 1.165) is 24.1 Å². The topological polar surface area (TPSA) is 130 Å². The number of ether oxygens (including phenoxy) is 1. The smallest absolute Gasteiger partial charge is 0.276 e. The molecule has 0 saturated heterocycles. The van der Waals surface area contributed by atoms with Crippen molar-refractivity contribution in [1.29, 1.82) is 0 Å². The van der Waals surface area contributed by atoms with Crippen LogP contribution in [0.5, 0.6) is 5.75 Å². The Labute approximate surface area is 196 Å². The molecule has 0 aliphatic carbocycles. The Morgan fingerprint density at radius 2 is 2.06 bits per heavy atom. The van der Waals surface area contributed by atoms with Crippen LogP contribution in [0.1, 0.15) is 45.4 Å². The summed E-state index contributed by atoms with van der Waals surface area (Å²) in [4.78, 5) is 33.7. The number of benzene rings is 1. The van der Waals surface area contributed by atoms with E-state index in [0.29, 0.717) is 41.5 Å². The number of nitrogens with zero attached hydrogens (tertiary/aromatic N) is 5. The monoisotopic (exact) mass is 461 g/mol. The second kappa shape index (κ2) is 9.74. The number of fused-ring (bicyclic) bond motifs is 1. The van der Waals surface area contributed by atoms with Gasteiger partial charge < -0.3 is 15.0 Å². The van der Waals surface area contributed by atoms with Crippen LogP contribution < -0.4 is 15.8 Å². The van der Waals surface area contributed by atoms with Gasteiger partial charge in [-0.3, -0.25) is 24.6 Å². The van der Waals surface area contributed by atoms with Crippen LogP contribution >= 0.6 is 0 Å². The molecule has 0 bridgehead atoms. The summed E-state index contributed by atoms with van der Waals surface area (Å²) in [5.41, 5.74) is 9.27. The molecule has 0 radical (unpaired) electrons. The quantitative estimate of drug-likeness (QED) is 0.394. The number of amides is 2. The summed E-state index contributed by atoms with van der Waals surface area (Å²) in [7, 11) is 1.52. The summed E-state index contributed by atoms with van der Waals surface area (Å²) >= 11 is 0. The first-order valence-electron chi connectivity index (χ1n) is 11.0. The number of carbonyl (C=O) groups is 2. The van der Waals surface area contributed by atoms with Crippen molar-refractivity contribution in [3.63, 3.8) is 0 Å². The minimum absolute atomic E-state index is 0.280. The maximum Gasteiger partial charge on any atom is 0.276 e. The molecule has 3 heterocycles. The van der Waals surface area contributed by atoms with Crippen molar-refractivity contribution in [2.75, 3.05) is 12.4 Å². The summed E-state index contributed by atoms with van der Waals surface area (Å²) in [6.45, 7) is 4.88. The number of aryl methyl sites for hydroxylation is 4. The Hall–Kier alpha value is -4.21. The van der Waals surface area contributed by atoms with Crippen molar-refractivity contribution in [2.24, 2.45) is 5.73 Å². The van der Waals surface area contributed by atoms with Gasteiger partial charge in [-0.05, 0) is 56.5 Å². The van der Waals surface area contributed by atoms with Crippen molar-refractivity contribution in [1.82, 2.24) is 24.3 Å². The van der Waals surface area contributed by atoms with E-state index in [1.165, 1.54) is 7.11 Å². The van der Waals surface area contributed by atoms with Gasteiger partial charge in [-0.1, -0.05) is 6.07 Å². The predicted molar refractivity (Wildman–Crippen MR) is 128 cm³/mol. The Morgan fingerprint density at radius 1 is 1.24 bits per heavy atom. The van der Waals surface area contributed by atoms with E-state index >= 15 is 0 Å². The number of nitrogens with two attached hydrogens (primary N) is 1. The number of carbonyl (C=O) groups excluding carboxylic acids is 2. The zero-order valence-corrected chi connectivity index (χ0v) is 19.4. The van der Waals surface area contributed by atoms with Crippen LogP contribution in [0, 0.1) is 6.92 Å². The van der Waals surface area contributed by atoms with Crippen molar-refractivity contribution in [2.45, 2.75) is 39.8 Å². The SMILES string of the molecule is CCn1nc(C)cc1C(=O)Nc1nc2cc(C(N)=O)cc(OC)c2n1CCCc1cccnc1. The molecular weight excluding hydrogens is 434 g/mol. The molecule has 0 fully saturated rings. The molecular formula is C24H27N7O3. The Kier molecular flexibility index (Phi) is 6.58. The number of imidazole rings is 1. The number of nitrogens with one attached hydrogen (secondary N) is 1. The minimum Gasteiger partial charge on any atom is -0.494 e.